The smallest absolute Gasteiger partial charge is 0.307 e. The third kappa shape index (κ3) is 3.04. The van der Waals surface area contributed by atoms with E-state index < -0.39 is 23.8 Å². The molecule has 0 aliphatic heterocycles. The lowest BCUT2D eigenvalue weighted by Gasteiger charge is -2.25. The van der Waals surface area contributed by atoms with Crippen LogP contribution in [0.5, 0.6) is 0 Å². The van der Waals surface area contributed by atoms with Gasteiger partial charge in [0.25, 0.3) is 0 Å². The molecule has 1 saturated carbocycles. The molecule has 6 heteroatoms. The van der Waals surface area contributed by atoms with E-state index in [0.29, 0.717) is 12.1 Å². The first-order valence-corrected chi connectivity index (χ1v) is 8.05. The molecule has 0 heterocycles. The minimum Gasteiger partial charge on any atom is -0.481 e. The number of rotatable bonds is 5. The Balaban J connectivity index is 1.63. The number of amides is 2. The SMILES string of the molecule is C[C@H](NC(=O)[C@@H]1[C@H](C(=O)O)[C@H]2C=C[C@H]1C2)C(=O)Nc1ccccc1. The molecule has 0 saturated heterocycles. The number of carboxylic acids is 1. The molecular weight excluding hydrogens is 308 g/mol. The van der Waals surface area contributed by atoms with E-state index in [1.165, 1.54) is 0 Å². The van der Waals surface area contributed by atoms with Gasteiger partial charge in [-0.3, -0.25) is 14.4 Å². The maximum absolute atomic E-state index is 12.5. The maximum Gasteiger partial charge on any atom is 0.307 e. The molecule has 5 atom stereocenters. The van der Waals surface area contributed by atoms with Gasteiger partial charge in [0.1, 0.15) is 6.04 Å². The van der Waals surface area contributed by atoms with Crippen LogP contribution in [0.25, 0.3) is 0 Å². The Morgan fingerprint density at radius 2 is 1.71 bits per heavy atom. The first-order chi connectivity index (χ1) is 11.5. The van der Waals surface area contributed by atoms with Gasteiger partial charge in [-0.15, -0.1) is 0 Å². The molecule has 6 nitrogen and oxygen atoms in total. The third-order valence-corrected chi connectivity index (χ3v) is 4.84. The van der Waals surface area contributed by atoms with Crippen LogP contribution in [0.3, 0.4) is 0 Å². The Morgan fingerprint density at radius 1 is 1.08 bits per heavy atom. The molecule has 2 aliphatic rings. The summed E-state index contributed by atoms with van der Waals surface area (Å²) in [5.74, 6) is -3.10. The number of anilines is 1. The number of fused-ring (bicyclic) bond motifs is 2. The highest BCUT2D eigenvalue weighted by atomic mass is 16.4. The Bertz CT molecular complexity index is 686. The van der Waals surface area contributed by atoms with E-state index in [4.69, 9.17) is 0 Å². The Hall–Kier alpha value is -2.63. The molecule has 1 aromatic rings. The van der Waals surface area contributed by atoms with Crippen molar-refractivity contribution in [3.63, 3.8) is 0 Å². The third-order valence-electron chi connectivity index (χ3n) is 4.84. The van der Waals surface area contributed by atoms with Crippen molar-refractivity contribution in [2.75, 3.05) is 5.32 Å². The second-order valence-corrected chi connectivity index (χ2v) is 6.42. The second-order valence-electron chi connectivity index (χ2n) is 6.42. The summed E-state index contributed by atoms with van der Waals surface area (Å²) in [5, 5.41) is 14.8. The number of hydrogen-bond acceptors (Lipinski definition) is 3. The van der Waals surface area contributed by atoms with Gasteiger partial charge in [-0.1, -0.05) is 30.4 Å². The summed E-state index contributed by atoms with van der Waals surface area (Å²) in [4.78, 5) is 36.2. The van der Waals surface area contributed by atoms with Gasteiger partial charge in [-0.2, -0.15) is 0 Å². The average molecular weight is 328 g/mol. The topological polar surface area (TPSA) is 95.5 Å². The number of aliphatic carboxylic acids is 1. The van der Waals surface area contributed by atoms with Gasteiger partial charge in [0.15, 0.2) is 0 Å². The van der Waals surface area contributed by atoms with E-state index in [9.17, 15) is 19.5 Å². The van der Waals surface area contributed by atoms with Crippen LogP contribution < -0.4 is 10.6 Å². The Kier molecular flexibility index (Phi) is 4.38. The lowest BCUT2D eigenvalue weighted by molar-refractivity contribution is -0.148. The van der Waals surface area contributed by atoms with Gasteiger partial charge in [0.05, 0.1) is 11.8 Å². The van der Waals surface area contributed by atoms with Crippen LogP contribution in [0, 0.1) is 23.7 Å². The van der Waals surface area contributed by atoms with Crippen molar-refractivity contribution in [1.29, 1.82) is 0 Å². The number of carbonyl (C=O) groups is 3. The number of allylic oxidation sites excluding steroid dienone is 2. The molecule has 1 aromatic carbocycles. The Morgan fingerprint density at radius 3 is 2.33 bits per heavy atom. The fraction of sp³-hybridized carbons (Fsp3) is 0.389. The van der Waals surface area contributed by atoms with Crippen LogP contribution in [-0.4, -0.2) is 28.9 Å². The molecule has 0 aromatic heterocycles. The van der Waals surface area contributed by atoms with Crippen molar-refractivity contribution in [1.82, 2.24) is 5.32 Å². The highest BCUT2D eigenvalue weighted by Crippen LogP contribution is 2.48. The summed E-state index contributed by atoms with van der Waals surface area (Å²) in [6, 6.07) is 8.22. The predicted molar refractivity (Wildman–Crippen MR) is 88.0 cm³/mol. The Labute approximate surface area is 139 Å². The van der Waals surface area contributed by atoms with Gasteiger partial charge in [-0.25, -0.2) is 0 Å². The van der Waals surface area contributed by atoms with Gasteiger partial charge in [-0.05, 0) is 37.3 Å². The summed E-state index contributed by atoms with van der Waals surface area (Å²) < 4.78 is 0. The number of hydrogen-bond donors (Lipinski definition) is 3. The van der Waals surface area contributed by atoms with Crippen LogP contribution in [-0.2, 0) is 14.4 Å². The van der Waals surface area contributed by atoms with Crippen LogP contribution in [0.1, 0.15) is 13.3 Å². The first kappa shape index (κ1) is 16.2. The monoisotopic (exact) mass is 328 g/mol. The van der Waals surface area contributed by atoms with Crippen molar-refractivity contribution >= 4 is 23.5 Å². The molecule has 3 N–H and O–H groups in total. The lowest BCUT2D eigenvalue weighted by atomic mass is 9.82. The molecule has 2 aliphatic carbocycles. The summed E-state index contributed by atoms with van der Waals surface area (Å²) in [6.45, 7) is 1.59. The molecule has 0 radical (unpaired) electrons. The van der Waals surface area contributed by atoms with Crippen molar-refractivity contribution < 1.29 is 19.5 Å². The standard InChI is InChI=1S/C18H20N2O4/c1-10(16(21)20-13-5-3-2-4-6-13)19-17(22)14-11-7-8-12(9-11)15(14)18(23)24/h2-8,10-12,14-15H,9H2,1H3,(H,19,22)(H,20,21)(H,23,24)/t10-,11-,12-,14-,15+/m0/s1. The van der Waals surface area contributed by atoms with E-state index >= 15 is 0 Å². The molecule has 24 heavy (non-hydrogen) atoms. The van der Waals surface area contributed by atoms with E-state index in [-0.39, 0.29) is 23.7 Å². The predicted octanol–water partition coefficient (Wildman–Crippen LogP) is 1.65. The average Bonchev–Trinajstić information content (AvgIpc) is 3.16. The minimum absolute atomic E-state index is 0.0551. The number of carboxylic acid groups (broad SMARTS) is 1. The number of nitrogens with one attached hydrogen (secondary N) is 2. The van der Waals surface area contributed by atoms with Crippen molar-refractivity contribution in [3.8, 4) is 0 Å². The highest BCUT2D eigenvalue weighted by Gasteiger charge is 2.51. The normalized spacial score (nSPS) is 28.4. The molecule has 1 fully saturated rings. The first-order valence-electron chi connectivity index (χ1n) is 8.05. The second kappa shape index (κ2) is 6.47. The van der Waals surface area contributed by atoms with Crippen LogP contribution in [0.4, 0.5) is 5.69 Å². The van der Waals surface area contributed by atoms with E-state index in [0.717, 1.165) is 0 Å². The van der Waals surface area contributed by atoms with Crippen LogP contribution >= 0.6 is 0 Å². The number of para-hydroxylation sites is 1. The summed E-state index contributed by atoms with van der Waals surface area (Å²) in [7, 11) is 0. The maximum atomic E-state index is 12.5. The molecule has 0 unspecified atom stereocenters. The molecule has 2 amide bonds. The van der Waals surface area contributed by atoms with E-state index in [1.807, 2.05) is 18.2 Å². The molecule has 126 valence electrons. The molecular formula is C18H20N2O4. The fourth-order valence-electron chi connectivity index (χ4n) is 3.66. The molecule has 3 rings (SSSR count). The zero-order valence-electron chi connectivity index (χ0n) is 13.3. The van der Waals surface area contributed by atoms with Crippen molar-refractivity contribution in [2.45, 2.75) is 19.4 Å². The lowest BCUT2D eigenvalue weighted by Crippen LogP contribution is -2.47. The highest BCUT2D eigenvalue weighted by molar-refractivity contribution is 5.97. The summed E-state index contributed by atoms with van der Waals surface area (Å²) >= 11 is 0. The fourth-order valence-corrected chi connectivity index (χ4v) is 3.66. The van der Waals surface area contributed by atoms with Gasteiger partial charge in [0, 0.05) is 5.69 Å². The van der Waals surface area contributed by atoms with Gasteiger partial charge in [0.2, 0.25) is 11.8 Å². The quantitative estimate of drug-likeness (QED) is 0.716. The van der Waals surface area contributed by atoms with Crippen LogP contribution in [0.15, 0.2) is 42.5 Å². The van der Waals surface area contributed by atoms with Crippen LogP contribution in [0.2, 0.25) is 0 Å². The summed E-state index contributed by atoms with van der Waals surface area (Å²) in [6.07, 6.45) is 4.50. The number of carbonyl (C=O) groups excluding carboxylic acids is 2. The molecule has 2 bridgehead atoms. The summed E-state index contributed by atoms with van der Waals surface area (Å²) in [5.41, 5.74) is 0.648. The zero-order chi connectivity index (χ0) is 17.3. The largest absolute Gasteiger partial charge is 0.481 e. The van der Waals surface area contributed by atoms with Crippen molar-refractivity contribution in [3.05, 3.63) is 42.5 Å². The van der Waals surface area contributed by atoms with E-state index in [2.05, 4.69) is 10.6 Å². The zero-order valence-corrected chi connectivity index (χ0v) is 13.3. The van der Waals surface area contributed by atoms with Gasteiger partial charge >= 0.3 is 5.97 Å². The molecule has 0 spiro atoms. The minimum atomic E-state index is -0.951. The van der Waals surface area contributed by atoms with Crippen molar-refractivity contribution in [2.24, 2.45) is 23.7 Å². The van der Waals surface area contributed by atoms with Gasteiger partial charge < -0.3 is 15.7 Å². The number of benzene rings is 1. The van der Waals surface area contributed by atoms with E-state index in [1.54, 1.807) is 31.2 Å².